The van der Waals surface area contributed by atoms with Crippen LogP contribution in [0, 0.1) is 0 Å². The fourth-order valence-corrected chi connectivity index (χ4v) is 3.24. The Kier molecular flexibility index (Phi) is 6.41. The molecule has 0 radical (unpaired) electrons. The SMILES string of the molecule is CCOc1ccc(OCCSc2nnc(-c3ccc(Cl)cc3)n2C)cc1. The highest BCUT2D eigenvalue weighted by Gasteiger charge is 2.11. The van der Waals surface area contributed by atoms with Gasteiger partial charge in [-0.3, -0.25) is 0 Å². The molecule has 0 saturated carbocycles. The molecule has 0 aliphatic heterocycles. The molecule has 0 unspecified atom stereocenters. The van der Waals surface area contributed by atoms with E-state index in [1.54, 1.807) is 11.8 Å². The molecule has 1 heterocycles. The third-order valence-corrected chi connectivity index (χ3v) is 4.89. The zero-order valence-corrected chi connectivity index (χ0v) is 16.3. The summed E-state index contributed by atoms with van der Waals surface area (Å²) in [5.41, 5.74) is 0.988. The normalized spacial score (nSPS) is 10.7. The molecule has 0 saturated heterocycles. The number of aromatic nitrogens is 3. The Morgan fingerprint density at radius 3 is 2.27 bits per heavy atom. The maximum Gasteiger partial charge on any atom is 0.191 e. The molecule has 26 heavy (non-hydrogen) atoms. The minimum Gasteiger partial charge on any atom is -0.494 e. The summed E-state index contributed by atoms with van der Waals surface area (Å²) < 4.78 is 13.2. The molecule has 136 valence electrons. The summed E-state index contributed by atoms with van der Waals surface area (Å²) in [5.74, 6) is 3.27. The van der Waals surface area contributed by atoms with Crippen molar-refractivity contribution >= 4 is 23.4 Å². The van der Waals surface area contributed by atoms with Gasteiger partial charge in [0.05, 0.1) is 13.2 Å². The van der Waals surface area contributed by atoms with Crippen molar-refractivity contribution in [1.82, 2.24) is 14.8 Å². The van der Waals surface area contributed by atoms with Crippen LogP contribution in [0.2, 0.25) is 5.02 Å². The minimum absolute atomic E-state index is 0.585. The van der Waals surface area contributed by atoms with Crippen molar-refractivity contribution in [1.29, 1.82) is 0 Å². The molecular weight excluding hydrogens is 370 g/mol. The van der Waals surface area contributed by atoms with Gasteiger partial charge in [-0.15, -0.1) is 10.2 Å². The number of halogens is 1. The summed E-state index contributed by atoms with van der Waals surface area (Å²) in [6.07, 6.45) is 0. The highest BCUT2D eigenvalue weighted by atomic mass is 35.5. The Morgan fingerprint density at radius 2 is 1.62 bits per heavy atom. The summed E-state index contributed by atoms with van der Waals surface area (Å²) in [6.45, 7) is 3.21. The first kappa shape index (κ1) is 18.6. The molecule has 2 aromatic carbocycles. The fraction of sp³-hybridized carbons (Fsp3) is 0.263. The van der Waals surface area contributed by atoms with E-state index in [9.17, 15) is 0 Å². The van der Waals surface area contributed by atoms with Crippen LogP contribution in [0.25, 0.3) is 11.4 Å². The lowest BCUT2D eigenvalue weighted by atomic mass is 10.2. The number of benzene rings is 2. The molecule has 7 heteroatoms. The molecule has 1 aromatic heterocycles. The molecule has 5 nitrogen and oxygen atoms in total. The number of thioether (sulfide) groups is 1. The quantitative estimate of drug-likeness (QED) is 0.412. The monoisotopic (exact) mass is 389 g/mol. The van der Waals surface area contributed by atoms with Gasteiger partial charge in [0.1, 0.15) is 11.5 Å². The van der Waals surface area contributed by atoms with E-state index in [4.69, 9.17) is 21.1 Å². The van der Waals surface area contributed by atoms with Gasteiger partial charge < -0.3 is 14.0 Å². The second-order valence-electron chi connectivity index (χ2n) is 5.47. The third kappa shape index (κ3) is 4.71. The van der Waals surface area contributed by atoms with Gasteiger partial charge in [0.2, 0.25) is 0 Å². The topological polar surface area (TPSA) is 49.2 Å². The third-order valence-electron chi connectivity index (χ3n) is 3.66. The first-order valence-corrected chi connectivity index (χ1v) is 9.67. The van der Waals surface area contributed by atoms with Crippen LogP contribution in [0.1, 0.15) is 6.92 Å². The van der Waals surface area contributed by atoms with Gasteiger partial charge in [0.25, 0.3) is 0 Å². The highest BCUT2D eigenvalue weighted by Crippen LogP contribution is 2.24. The van der Waals surface area contributed by atoms with E-state index in [0.29, 0.717) is 18.2 Å². The lowest BCUT2D eigenvalue weighted by Crippen LogP contribution is -2.02. The van der Waals surface area contributed by atoms with Crippen molar-refractivity contribution in [2.24, 2.45) is 7.05 Å². The second-order valence-corrected chi connectivity index (χ2v) is 6.97. The first-order valence-electron chi connectivity index (χ1n) is 8.31. The molecule has 0 bridgehead atoms. The van der Waals surface area contributed by atoms with E-state index in [1.807, 2.05) is 67.1 Å². The largest absolute Gasteiger partial charge is 0.494 e. The lowest BCUT2D eigenvalue weighted by molar-refractivity contribution is 0.332. The predicted molar refractivity (Wildman–Crippen MR) is 105 cm³/mol. The van der Waals surface area contributed by atoms with Gasteiger partial charge in [-0.2, -0.15) is 0 Å². The summed E-state index contributed by atoms with van der Waals surface area (Å²) in [5, 5.41) is 10.1. The van der Waals surface area contributed by atoms with Crippen LogP contribution in [0.5, 0.6) is 11.5 Å². The molecule has 3 aromatic rings. The zero-order chi connectivity index (χ0) is 18.4. The Bertz CT molecular complexity index is 835. The maximum atomic E-state index is 5.94. The van der Waals surface area contributed by atoms with Crippen molar-refractivity contribution in [2.75, 3.05) is 19.0 Å². The van der Waals surface area contributed by atoms with Crippen LogP contribution >= 0.6 is 23.4 Å². The Hall–Kier alpha value is -2.18. The van der Waals surface area contributed by atoms with Crippen molar-refractivity contribution in [3.8, 4) is 22.9 Å². The molecule has 3 rings (SSSR count). The number of nitrogens with zero attached hydrogens (tertiary/aromatic N) is 3. The van der Waals surface area contributed by atoms with E-state index in [2.05, 4.69) is 10.2 Å². The summed E-state index contributed by atoms with van der Waals surface area (Å²) in [6, 6.07) is 15.2. The van der Waals surface area contributed by atoms with Crippen molar-refractivity contribution in [2.45, 2.75) is 12.1 Å². The van der Waals surface area contributed by atoms with Crippen LogP contribution in [-0.2, 0) is 7.05 Å². The summed E-state index contributed by atoms with van der Waals surface area (Å²) in [4.78, 5) is 0. The fourth-order valence-electron chi connectivity index (χ4n) is 2.38. The molecule has 0 atom stereocenters. The van der Waals surface area contributed by atoms with E-state index in [0.717, 1.165) is 33.8 Å². The van der Waals surface area contributed by atoms with Gasteiger partial charge >= 0.3 is 0 Å². The van der Waals surface area contributed by atoms with Crippen LogP contribution in [0.15, 0.2) is 53.7 Å². The summed E-state index contributed by atoms with van der Waals surface area (Å²) >= 11 is 7.55. The average molecular weight is 390 g/mol. The van der Waals surface area contributed by atoms with Crippen molar-refractivity contribution in [3.05, 3.63) is 53.6 Å². The Morgan fingerprint density at radius 1 is 0.962 bits per heavy atom. The molecule has 0 N–H and O–H groups in total. The number of hydrogen-bond donors (Lipinski definition) is 0. The van der Waals surface area contributed by atoms with Gasteiger partial charge in [-0.1, -0.05) is 23.4 Å². The molecule has 0 aliphatic rings. The van der Waals surface area contributed by atoms with Crippen LogP contribution in [-0.4, -0.2) is 33.7 Å². The van der Waals surface area contributed by atoms with E-state index in [1.165, 1.54) is 0 Å². The highest BCUT2D eigenvalue weighted by molar-refractivity contribution is 7.99. The van der Waals surface area contributed by atoms with Gasteiger partial charge in [-0.05, 0) is 55.5 Å². The smallest absolute Gasteiger partial charge is 0.191 e. The maximum absolute atomic E-state index is 5.94. The number of rotatable bonds is 8. The minimum atomic E-state index is 0.585. The molecular formula is C19H20ClN3O2S. The predicted octanol–water partition coefficient (Wildman–Crippen LogP) is 4.71. The molecule has 0 aliphatic carbocycles. The number of hydrogen-bond acceptors (Lipinski definition) is 5. The van der Waals surface area contributed by atoms with Crippen LogP contribution in [0.4, 0.5) is 0 Å². The van der Waals surface area contributed by atoms with E-state index in [-0.39, 0.29) is 0 Å². The van der Waals surface area contributed by atoms with Crippen LogP contribution in [0.3, 0.4) is 0 Å². The lowest BCUT2D eigenvalue weighted by Gasteiger charge is -2.08. The van der Waals surface area contributed by atoms with E-state index >= 15 is 0 Å². The molecule has 0 spiro atoms. The first-order chi connectivity index (χ1) is 12.7. The molecule has 0 amide bonds. The van der Waals surface area contributed by atoms with Gasteiger partial charge in [0, 0.05) is 23.4 Å². The average Bonchev–Trinajstić information content (AvgIpc) is 3.02. The van der Waals surface area contributed by atoms with Crippen molar-refractivity contribution in [3.63, 3.8) is 0 Å². The van der Waals surface area contributed by atoms with Crippen LogP contribution < -0.4 is 9.47 Å². The summed E-state index contributed by atoms with van der Waals surface area (Å²) in [7, 11) is 1.96. The Labute approximate surface area is 162 Å². The Balaban J connectivity index is 1.51. The molecule has 0 fully saturated rings. The van der Waals surface area contributed by atoms with E-state index < -0.39 is 0 Å². The van der Waals surface area contributed by atoms with Gasteiger partial charge in [-0.25, -0.2) is 0 Å². The zero-order valence-electron chi connectivity index (χ0n) is 14.7. The van der Waals surface area contributed by atoms with Gasteiger partial charge in [0.15, 0.2) is 11.0 Å². The number of ether oxygens (including phenoxy) is 2. The standard InChI is InChI=1S/C19H20ClN3O2S/c1-3-24-16-8-10-17(11-9-16)25-12-13-26-19-22-21-18(23(19)2)14-4-6-15(20)7-5-14/h4-11H,3,12-13H2,1-2H3. The second kappa shape index (κ2) is 8.96. The van der Waals surface area contributed by atoms with Crippen molar-refractivity contribution < 1.29 is 9.47 Å².